The lowest BCUT2D eigenvalue weighted by Gasteiger charge is -2.15. The van der Waals surface area contributed by atoms with E-state index in [1.807, 2.05) is 32.0 Å². The molecule has 0 amide bonds. The highest BCUT2D eigenvalue weighted by Gasteiger charge is 2.14. The highest BCUT2D eigenvalue weighted by molar-refractivity contribution is 14.1. The van der Waals surface area contributed by atoms with Crippen LogP contribution >= 0.6 is 22.6 Å². The van der Waals surface area contributed by atoms with Crippen LogP contribution in [-0.2, 0) is 0 Å². The molecule has 0 aliphatic carbocycles. The van der Waals surface area contributed by atoms with E-state index < -0.39 is 6.10 Å². The van der Waals surface area contributed by atoms with Gasteiger partial charge in [0, 0.05) is 12.6 Å². The monoisotopic (exact) mass is 397 g/mol. The van der Waals surface area contributed by atoms with Gasteiger partial charge in [-0.25, -0.2) is 0 Å². The molecular weight excluding hydrogens is 379 g/mol. The predicted molar refractivity (Wildman–Crippen MR) is 90.4 cm³/mol. The van der Waals surface area contributed by atoms with Crippen LogP contribution in [0.25, 0.3) is 10.9 Å². The van der Waals surface area contributed by atoms with Gasteiger partial charge in [0.1, 0.15) is 30.2 Å². The fraction of sp³-hybridized carbons (Fsp3) is 0.400. The third-order valence-corrected chi connectivity index (χ3v) is 4.11. The Morgan fingerprint density at radius 2 is 2.24 bits per heavy atom. The number of hydrogen-bond acceptors (Lipinski definition) is 4. The molecule has 6 heteroatoms. The Morgan fingerprint density at radius 3 is 2.90 bits per heavy atom. The molecule has 2 rings (SSSR count). The average molecular weight is 397 g/mol. The molecule has 1 aromatic carbocycles. The molecule has 1 unspecified atom stereocenters. The highest BCUT2D eigenvalue weighted by atomic mass is 125. The van der Waals surface area contributed by atoms with Crippen molar-refractivity contribution >= 4 is 33.5 Å². The van der Waals surface area contributed by atoms with Crippen molar-refractivity contribution < 1.29 is 9.84 Å². The smallest absolute Gasteiger partial charge is 0.132 e. The van der Waals surface area contributed by atoms with E-state index in [0.717, 1.165) is 14.5 Å². The van der Waals surface area contributed by atoms with Crippen LogP contribution < -0.4 is 10.1 Å². The van der Waals surface area contributed by atoms with Crippen molar-refractivity contribution in [3.05, 3.63) is 27.5 Å². The Kier molecular flexibility index (Phi) is 5.45. The zero-order chi connectivity index (χ0) is 15.4. The molecule has 112 valence electrons. The SMILES string of the molecule is CC(C)NCC(O)COc1cccc2[nH]c(C#N)c([125I])c12. The molecule has 0 saturated heterocycles. The van der Waals surface area contributed by atoms with E-state index >= 15 is 0 Å². The summed E-state index contributed by atoms with van der Waals surface area (Å²) in [4.78, 5) is 3.06. The molecule has 0 aliphatic heterocycles. The van der Waals surface area contributed by atoms with Crippen LogP contribution in [0.3, 0.4) is 0 Å². The highest BCUT2D eigenvalue weighted by Crippen LogP contribution is 2.32. The van der Waals surface area contributed by atoms with Crippen molar-refractivity contribution in [2.45, 2.75) is 26.0 Å². The number of nitrogens with zero attached hydrogens (tertiary/aromatic N) is 1. The molecule has 0 aliphatic rings. The van der Waals surface area contributed by atoms with E-state index in [9.17, 15) is 5.11 Å². The molecule has 1 atom stereocenters. The molecule has 0 saturated carbocycles. The summed E-state index contributed by atoms with van der Waals surface area (Å²) in [7, 11) is 0. The second kappa shape index (κ2) is 7.11. The summed E-state index contributed by atoms with van der Waals surface area (Å²) in [6.45, 7) is 4.75. The second-order valence-electron chi connectivity index (χ2n) is 5.13. The van der Waals surface area contributed by atoms with Crippen LogP contribution in [0.4, 0.5) is 0 Å². The second-order valence-corrected chi connectivity index (χ2v) is 6.21. The van der Waals surface area contributed by atoms with Gasteiger partial charge in [0.05, 0.1) is 14.5 Å². The van der Waals surface area contributed by atoms with Crippen LogP contribution in [0.1, 0.15) is 19.5 Å². The van der Waals surface area contributed by atoms with Crippen molar-refractivity contribution in [3.8, 4) is 11.8 Å². The minimum Gasteiger partial charge on any atom is -0.490 e. The third-order valence-electron chi connectivity index (χ3n) is 3.03. The zero-order valence-corrected chi connectivity index (χ0v) is 14.1. The number of hydrogen-bond donors (Lipinski definition) is 3. The van der Waals surface area contributed by atoms with Gasteiger partial charge in [0.25, 0.3) is 0 Å². The summed E-state index contributed by atoms with van der Waals surface area (Å²) in [5, 5.41) is 23.0. The number of aromatic amines is 1. The summed E-state index contributed by atoms with van der Waals surface area (Å²) in [6, 6.07) is 8.08. The number of halogens is 1. The van der Waals surface area contributed by atoms with Gasteiger partial charge in [-0.3, -0.25) is 0 Å². The van der Waals surface area contributed by atoms with Crippen molar-refractivity contribution in [2.24, 2.45) is 0 Å². The number of nitriles is 1. The number of aromatic nitrogens is 1. The Morgan fingerprint density at radius 1 is 1.48 bits per heavy atom. The van der Waals surface area contributed by atoms with E-state index in [-0.39, 0.29) is 6.61 Å². The maximum absolute atomic E-state index is 9.90. The summed E-state index contributed by atoms with van der Waals surface area (Å²) < 4.78 is 6.57. The van der Waals surface area contributed by atoms with Crippen LogP contribution in [-0.4, -0.2) is 35.4 Å². The largest absolute Gasteiger partial charge is 0.490 e. The summed E-state index contributed by atoms with van der Waals surface area (Å²) in [5.41, 5.74) is 1.40. The lowest BCUT2D eigenvalue weighted by molar-refractivity contribution is 0.105. The van der Waals surface area contributed by atoms with E-state index in [2.05, 4.69) is 39.0 Å². The topological polar surface area (TPSA) is 81.1 Å². The Bertz CT molecular complexity index is 661. The van der Waals surface area contributed by atoms with E-state index in [4.69, 9.17) is 10.00 Å². The van der Waals surface area contributed by atoms with Crippen LogP contribution in [0.2, 0.25) is 0 Å². The van der Waals surface area contributed by atoms with Gasteiger partial charge in [-0.15, -0.1) is 0 Å². The average Bonchev–Trinajstić information content (AvgIpc) is 2.80. The third kappa shape index (κ3) is 3.87. The zero-order valence-electron chi connectivity index (χ0n) is 12.0. The standard InChI is InChI=1S/C15H18IN3O2/c1-9(2)18-7-10(20)8-21-13-5-3-4-11-14(13)15(16)12(6-17)19-11/h3-5,9-10,18-20H,7-8H2,1-2H3/i16-2. The van der Waals surface area contributed by atoms with Gasteiger partial charge in [0.15, 0.2) is 0 Å². The quantitative estimate of drug-likeness (QED) is 0.654. The summed E-state index contributed by atoms with van der Waals surface area (Å²) in [6.07, 6.45) is -0.574. The number of H-pyrrole nitrogens is 1. The Hall–Kier alpha value is -1.30. The maximum atomic E-state index is 9.90. The molecule has 2 aromatic rings. The van der Waals surface area contributed by atoms with E-state index in [1.54, 1.807) is 0 Å². The molecule has 21 heavy (non-hydrogen) atoms. The van der Waals surface area contributed by atoms with Crippen molar-refractivity contribution in [2.75, 3.05) is 13.2 Å². The first-order chi connectivity index (χ1) is 10.0. The normalized spacial score (nSPS) is 12.6. The number of ether oxygens (including phenoxy) is 1. The van der Waals surface area contributed by atoms with Gasteiger partial charge < -0.3 is 20.1 Å². The number of nitrogens with one attached hydrogen (secondary N) is 2. The molecule has 1 heterocycles. The Labute approximate surface area is 137 Å². The lowest BCUT2D eigenvalue weighted by Crippen LogP contribution is -2.35. The molecule has 0 radical (unpaired) electrons. The van der Waals surface area contributed by atoms with Crippen LogP contribution in [0, 0.1) is 14.9 Å². The molecule has 0 spiro atoms. The van der Waals surface area contributed by atoms with Crippen molar-refractivity contribution in [3.63, 3.8) is 0 Å². The number of aliphatic hydroxyl groups is 1. The van der Waals surface area contributed by atoms with Gasteiger partial charge >= 0.3 is 0 Å². The lowest BCUT2D eigenvalue weighted by atomic mass is 10.2. The van der Waals surface area contributed by atoms with Crippen LogP contribution in [0.15, 0.2) is 18.2 Å². The van der Waals surface area contributed by atoms with Crippen LogP contribution in [0.5, 0.6) is 5.75 Å². The number of rotatable bonds is 6. The molecule has 3 N–H and O–H groups in total. The van der Waals surface area contributed by atoms with E-state index in [1.165, 1.54) is 0 Å². The molecule has 0 bridgehead atoms. The van der Waals surface area contributed by atoms with E-state index in [0.29, 0.717) is 24.0 Å². The minimum absolute atomic E-state index is 0.210. The van der Waals surface area contributed by atoms with Gasteiger partial charge in [0.2, 0.25) is 0 Å². The minimum atomic E-state index is -0.574. The molecule has 0 fully saturated rings. The first kappa shape index (κ1) is 16.1. The summed E-state index contributed by atoms with van der Waals surface area (Å²) in [5.74, 6) is 0.679. The first-order valence-electron chi connectivity index (χ1n) is 6.77. The van der Waals surface area contributed by atoms with Crippen molar-refractivity contribution in [1.29, 1.82) is 5.26 Å². The first-order valence-corrected chi connectivity index (χ1v) is 7.85. The number of benzene rings is 1. The van der Waals surface area contributed by atoms with Gasteiger partial charge in [-0.1, -0.05) is 19.9 Å². The maximum Gasteiger partial charge on any atom is 0.132 e. The molecule has 1 aromatic heterocycles. The predicted octanol–water partition coefficient (Wildman–Crippen LogP) is 2.38. The number of fused-ring (bicyclic) bond motifs is 1. The number of aliphatic hydroxyl groups excluding tert-OH is 1. The Balaban J connectivity index is 2.12. The fourth-order valence-corrected chi connectivity index (χ4v) is 2.80. The van der Waals surface area contributed by atoms with Crippen molar-refractivity contribution in [1.82, 2.24) is 10.3 Å². The van der Waals surface area contributed by atoms with Gasteiger partial charge in [-0.2, -0.15) is 5.26 Å². The summed E-state index contributed by atoms with van der Waals surface area (Å²) >= 11 is 2.13. The molecular formula is C15H18IN3O2. The van der Waals surface area contributed by atoms with Gasteiger partial charge in [-0.05, 0) is 34.7 Å². The molecule has 5 nitrogen and oxygen atoms in total. The fourth-order valence-electron chi connectivity index (χ4n) is 1.99.